The molecule has 3 rings (SSSR count). The SMILES string of the molecule is CCC(=O)N(Cc1ccc(F)cc1)c1ccc(CC(=O)N[C@@H](C)c2ccccc2)cc1. The number of nitrogens with zero attached hydrogens (tertiary/aromatic N) is 1. The number of carbonyl (C=O) groups is 2. The van der Waals surface area contributed by atoms with Gasteiger partial charge in [0.15, 0.2) is 0 Å². The van der Waals surface area contributed by atoms with Crippen LogP contribution in [0.3, 0.4) is 0 Å². The Labute approximate surface area is 182 Å². The Bertz CT molecular complexity index is 1000. The van der Waals surface area contributed by atoms with Gasteiger partial charge >= 0.3 is 0 Å². The molecule has 0 saturated carbocycles. The second kappa shape index (κ2) is 10.5. The maximum Gasteiger partial charge on any atom is 0.227 e. The summed E-state index contributed by atoms with van der Waals surface area (Å²) in [5.74, 6) is -0.384. The predicted octanol–water partition coefficient (Wildman–Crippen LogP) is 5.19. The molecule has 3 aromatic rings. The molecule has 160 valence electrons. The summed E-state index contributed by atoms with van der Waals surface area (Å²) >= 11 is 0. The van der Waals surface area contributed by atoms with Gasteiger partial charge in [-0.15, -0.1) is 0 Å². The molecule has 4 nitrogen and oxygen atoms in total. The minimum Gasteiger partial charge on any atom is -0.349 e. The molecular weight excluding hydrogens is 391 g/mol. The molecule has 0 aromatic heterocycles. The fourth-order valence-electron chi connectivity index (χ4n) is 3.38. The first-order chi connectivity index (χ1) is 15.0. The fraction of sp³-hybridized carbons (Fsp3) is 0.231. The van der Waals surface area contributed by atoms with E-state index in [0.717, 1.165) is 22.4 Å². The molecule has 0 unspecified atom stereocenters. The second-order valence-corrected chi connectivity index (χ2v) is 7.50. The Kier molecular flexibility index (Phi) is 7.55. The van der Waals surface area contributed by atoms with E-state index in [0.29, 0.717) is 13.0 Å². The molecule has 0 saturated heterocycles. The van der Waals surface area contributed by atoms with E-state index in [1.807, 2.05) is 68.4 Å². The van der Waals surface area contributed by atoms with E-state index in [9.17, 15) is 14.0 Å². The predicted molar refractivity (Wildman–Crippen MR) is 121 cm³/mol. The third kappa shape index (κ3) is 6.25. The Balaban J connectivity index is 1.65. The summed E-state index contributed by atoms with van der Waals surface area (Å²) in [5, 5.41) is 3.01. The van der Waals surface area contributed by atoms with Gasteiger partial charge in [0, 0.05) is 12.1 Å². The number of amides is 2. The van der Waals surface area contributed by atoms with Gasteiger partial charge in [-0.25, -0.2) is 4.39 Å². The molecule has 0 aliphatic rings. The maximum absolute atomic E-state index is 13.2. The average Bonchev–Trinajstić information content (AvgIpc) is 2.79. The van der Waals surface area contributed by atoms with Crippen molar-refractivity contribution < 1.29 is 14.0 Å². The molecule has 0 aliphatic heterocycles. The molecule has 3 aromatic carbocycles. The number of rotatable bonds is 8. The number of nitrogens with one attached hydrogen (secondary N) is 1. The summed E-state index contributed by atoms with van der Waals surface area (Å²) in [4.78, 5) is 26.6. The van der Waals surface area contributed by atoms with Crippen LogP contribution in [0.2, 0.25) is 0 Å². The number of benzene rings is 3. The minimum absolute atomic E-state index is 0.0218. The van der Waals surface area contributed by atoms with Crippen molar-refractivity contribution in [1.29, 1.82) is 0 Å². The molecule has 1 N–H and O–H groups in total. The zero-order valence-corrected chi connectivity index (χ0v) is 17.8. The lowest BCUT2D eigenvalue weighted by molar-refractivity contribution is -0.121. The Morgan fingerprint density at radius 2 is 1.52 bits per heavy atom. The summed E-state index contributed by atoms with van der Waals surface area (Å²) in [7, 11) is 0. The zero-order chi connectivity index (χ0) is 22.2. The molecule has 2 amide bonds. The molecule has 0 fully saturated rings. The first-order valence-electron chi connectivity index (χ1n) is 10.4. The van der Waals surface area contributed by atoms with Gasteiger partial charge in [-0.1, -0.05) is 61.5 Å². The number of hydrogen-bond acceptors (Lipinski definition) is 2. The van der Waals surface area contributed by atoms with E-state index >= 15 is 0 Å². The molecule has 0 aliphatic carbocycles. The van der Waals surface area contributed by atoms with Gasteiger partial charge in [-0.2, -0.15) is 0 Å². The summed E-state index contributed by atoms with van der Waals surface area (Å²) in [6.45, 7) is 4.13. The molecular formula is C26H27FN2O2. The number of hydrogen-bond donors (Lipinski definition) is 1. The minimum atomic E-state index is -0.304. The van der Waals surface area contributed by atoms with Crippen LogP contribution in [0.1, 0.15) is 43.0 Å². The molecule has 5 heteroatoms. The molecule has 0 radical (unpaired) electrons. The number of anilines is 1. The van der Waals surface area contributed by atoms with Crippen molar-refractivity contribution in [2.75, 3.05) is 4.90 Å². The maximum atomic E-state index is 13.2. The van der Waals surface area contributed by atoms with Gasteiger partial charge in [0.25, 0.3) is 0 Å². The van der Waals surface area contributed by atoms with Crippen molar-refractivity contribution in [3.05, 3.63) is 101 Å². The fourth-order valence-corrected chi connectivity index (χ4v) is 3.38. The van der Waals surface area contributed by atoms with Crippen molar-refractivity contribution in [2.45, 2.75) is 39.3 Å². The largest absolute Gasteiger partial charge is 0.349 e. The molecule has 0 bridgehead atoms. The van der Waals surface area contributed by atoms with Crippen LogP contribution < -0.4 is 10.2 Å². The van der Waals surface area contributed by atoms with Crippen LogP contribution in [-0.4, -0.2) is 11.8 Å². The van der Waals surface area contributed by atoms with E-state index in [1.54, 1.807) is 17.0 Å². The first-order valence-corrected chi connectivity index (χ1v) is 10.4. The van der Waals surface area contributed by atoms with Gasteiger partial charge in [0.1, 0.15) is 5.82 Å². The van der Waals surface area contributed by atoms with E-state index in [2.05, 4.69) is 5.32 Å². The van der Waals surface area contributed by atoms with Crippen molar-refractivity contribution >= 4 is 17.5 Å². The Morgan fingerprint density at radius 3 is 2.13 bits per heavy atom. The highest BCUT2D eigenvalue weighted by Gasteiger charge is 2.15. The third-order valence-electron chi connectivity index (χ3n) is 5.15. The van der Waals surface area contributed by atoms with E-state index in [4.69, 9.17) is 0 Å². The highest BCUT2D eigenvalue weighted by molar-refractivity contribution is 5.93. The molecule has 1 atom stereocenters. The quantitative estimate of drug-likeness (QED) is 0.547. The standard InChI is InChI=1S/C26H27FN2O2/c1-3-26(31)29(18-21-9-13-23(27)14-10-21)24-15-11-20(12-16-24)17-25(30)28-19(2)22-7-5-4-6-8-22/h4-16,19H,3,17-18H2,1-2H3,(H,28,30)/t19-/m0/s1. The smallest absolute Gasteiger partial charge is 0.227 e. The van der Waals surface area contributed by atoms with Gasteiger partial charge in [0.2, 0.25) is 11.8 Å². The first kappa shape index (κ1) is 22.2. The molecule has 0 heterocycles. The lowest BCUT2D eigenvalue weighted by atomic mass is 10.1. The van der Waals surface area contributed by atoms with Crippen LogP contribution in [0.5, 0.6) is 0 Å². The normalized spacial score (nSPS) is 11.6. The van der Waals surface area contributed by atoms with Crippen molar-refractivity contribution in [2.24, 2.45) is 0 Å². The second-order valence-electron chi connectivity index (χ2n) is 7.50. The zero-order valence-electron chi connectivity index (χ0n) is 17.8. The lowest BCUT2D eigenvalue weighted by Gasteiger charge is -2.23. The van der Waals surface area contributed by atoms with Crippen molar-refractivity contribution in [3.8, 4) is 0 Å². The highest BCUT2D eigenvalue weighted by atomic mass is 19.1. The highest BCUT2D eigenvalue weighted by Crippen LogP contribution is 2.20. The summed E-state index contributed by atoms with van der Waals surface area (Å²) < 4.78 is 13.2. The summed E-state index contributed by atoms with van der Waals surface area (Å²) in [5.41, 5.74) is 3.52. The third-order valence-corrected chi connectivity index (χ3v) is 5.15. The van der Waals surface area contributed by atoms with Crippen molar-refractivity contribution in [1.82, 2.24) is 5.32 Å². The molecule has 0 spiro atoms. The van der Waals surface area contributed by atoms with Gasteiger partial charge < -0.3 is 10.2 Å². The van der Waals surface area contributed by atoms with Gasteiger partial charge in [-0.05, 0) is 47.9 Å². The Morgan fingerprint density at radius 1 is 0.903 bits per heavy atom. The van der Waals surface area contributed by atoms with Gasteiger partial charge in [-0.3, -0.25) is 9.59 Å². The average molecular weight is 419 g/mol. The van der Waals surface area contributed by atoms with Crippen LogP contribution in [0.25, 0.3) is 0 Å². The van der Waals surface area contributed by atoms with Crippen LogP contribution in [0, 0.1) is 5.82 Å². The van der Waals surface area contributed by atoms with Gasteiger partial charge in [0.05, 0.1) is 19.0 Å². The van der Waals surface area contributed by atoms with Crippen LogP contribution in [-0.2, 0) is 22.6 Å². The van der Waals surface area contributed by atoms with E-state index in [-0.39, 0.29) is 30.1 Å². The number of halogens is 1. The lowest BCUT2D eigenvalue weighted by Crippen LogP contribution is -2.30. The van der Waals surface area contributed by atoms with Crippen LogP contribution in [0.15, 0.2) is 78.9 Å². The number of carbonyl (C=O) groups excluding carboxylic acids is 2. The topological polar surface area (TPSA) is 49.4 Å². The summed E-state index contributed by atoms with van der Waals surface area (Å²) in [6, 6.07) is 23.3. The van der Waals surface area contributed by atoms with E-state index < -0.39 is 0 Å². The molecule has 31 heavy (non-hydrogen) atoms. The van der Waals surface area contributed by atoms with E-state index in [1.165, 1.54) is 12.1 Å². The van der Waals surface area contributed by atoms with Crippen LogP contribution in [0.4, 0.5) is 10.1 Å². The van der Waals surface area contributed by atoms with Crippen LogP contribution >= 0.6 is 0 Å². The Hall–Kier alpha value is -3.47. The summed E-state index contributed by atoms with van der Waals surface area (Å²) in [6.07, 6.45) is 0.625. The van der Waals surface area contributed by atoms with Crippen molar-refractivity contribution in [3.63, 3.8) is 0 Å². The monoisotopic (exact) mass is 418 g/mol.